The van der Waals surface area contributed by atoms with E-state index in [1.165, 1.54) is 0 Å². The van der Waals surface area contributed by atoms with Gasteiger partial charge >= 0.3 is 0 Å². The first-order valence-corrected chi connectivity index (χ1v) is 6.80. The third-order valence-electron chi connectivity index (χ3n) is 2.86. The molecule has 18 heavy (non-hydrogen) atoms. The first-order chi connectivity index (χ1) is 8.41. The molecule has 0 saturated heterocycles. The molecule has 0 amide bonds. The maximum absolute atomic E-state index is 6.15. The van der Waals surface area contributed by atoms with Crippen LogP contribution < -0.4 is 0 Å². The van der Waals surface area contributed by atoms with Crippen LogP contribution in [-0.2, 0) is 7.05 Å². The van der Waals surface area contributed by atoms with Gasteiger partial charge in [-0.05, 0) is 28.8 Å². The highest BCUT2D eigenvalue weighted by molar-refractivity contribution is 9.10. The third kappa shape index (κ3) is 2.29. The zero-order valence-corrected chi connectivity index (χ0v) is 13.0. The van der Waals surface area contributed by atoms with Gasteiger partial charge in [-0.1, -0.05) is 25.4 Å². The van der Waals surface area contributed by atoms with Gasteiger partial charge in [0.1, 0.15) is 5.15 Å². The second-order valence-electron chi connectivity index (χ2n) is 4.46. The zero-order valence-electron chi connectivity index (χ0n) is 10.7. The lowest BCUT2D eigenvalue weighted by molar-refractivity contribution is 0.740. The molecule has 0 aliphatic carbocycles. The fraction of sp³-hybridized carbons (Fsp3) is 0.417. The molecule has 0 aromatic carbocycles. The second kappa shape index (κ2) is 4.97. The molecular weight excluding hydrogens is 316 g/mol. The second-order valence-corrected chi connectivity index (χ2v) is 5.61. The summed E-state index contributed by atoms with van der Waals surface area (Å²) in [5, 5.41) is 4.64. The van der Waals surface area contributed by atoms with Gasteiger partial charge in [0, 0.05) is 12.7 Å². The number of aryl methyl sites for hydroxylation is 1. The zero-order chi connectivity index (χ0) is 13.4. The van der Waals surface area contributed by atoms with Crippen molar-refractivity contribution in [3.05, 3.63) is 27.2 Å². The molecule has 0 aliphatic heterocycles. The van der Waals surface area contributed by atoms with Crippen LogP contribution in [0.15, 0.2) is 10.7 Å². The molecule has 0 spiro atoms. The van der Waals surface area contributed by atoms with Crippen LogP contribution in [0.2, 0.25) is 5.15 Å². The Morgan fingerprint density at radius 2 is 2.00 bits per heavy atom. The molecule has 4 nitrogen and oxygen atoms in total. The van der Waals surface area contributed by atoms with E-state index in [9.17, 15) is 0 Å². The quantitative estimate of drug-likeness (QED) is 0.789. The highest BCUT2D eigenvalue weighted by atomic mass is 79.9. The van der Waals surface area contributed by atoms with E-state index in [0.29, 0.717) is 11.0 Å². The lowest BCUT2D eigenvalue weighted by Crippen LogP contribution is -2.01. The van der Waals surface area contributed by atoms with E-state index in [4.69, 9.17) is 11.6 Å². The van der Waals surface area contributed by atoms with Crippen LogP contribution in [0.5, 0.6) is 0 Å². The number of rotatable bonds is 2. The van der Waals surface area contributed by atoms with Gasteiger partial charge in [0.25, 0.3) is 0 Å². The van der Waals surface area contributed by atoms with Gasteiger partial charge in [-0.15, -0.1) is 0 Å². The van der Waals surface area contributed by atoms with Crippen LogP contribution in [-0.4, -0.2) is 19.7 Å². The standard InChI is InChI=1S/C12H14BrClN4/c1-6(2)10-9(13)11(14)17-12(16-10)8-5-15-18(4)7(8)3/h5-6H,1-4H3. The minimum Gasteiger partial charge on any atom is -0.272 e. The van der Waals surface area contributed by atoms with Crippen molar-refractivity contribution in [3.63, 3.8) is 0 Å². The predicted octanol–water partition coefficient (Wildman–Crippen LogP) is 3.72. The van der Waals surface area contributed by atoms with Crippen molar-refractivity contribution in [2.45, 2.75) is 26.7 Å². The number of hydrogen-bond acceptors (Lipinski definition) is 3. The lowest BCUT2D eigenvalue weighted by Gasteiger charge is -2.10. The van der Waals surface area contributed by atoms with Crippen LogP contribution in [0.1, 0.15) is 31.2 Å². The van der Waals surface area contributed by atoms with Gasteiger partial charge < -0.3 is 0 Å². The van der Waals surface area contributed by atoms with Crippen LogP contribution in [0.25, 0.3) is 11.4 Å². The summed E-state index contributed by atoms with van der Waals surface area (Å²) in [6.45, 7) is 6.13. The van der Waals surface area contributed by atoms with Crippen molar-refractivity contribution in [2.24, 2.45) is 7.05 Å². The fourth-order valence-corrected chi connectivity index (χ4v) is 2.47. The van der Waals surface area contributed by atoms with E-state index in [2.05, 4.69) is 44.8 Å². The Kier molecular flexibility index (Phi) is 3.73. The van der Waals surface area contributed by atoms with Gasteiger partial charge in [0.15, 0.2) is 5.82 Å². The summed E-state index contributed by atoms with van der Waals surface area (Å²) in [5.74, 6) is 0.896. The number of aromatic nitrogens is 4. The SMILES string of the molecule is Cc1c(-c2nc(Cl)c(Br)c(C(C)C)n2)cnn1C. The molecule has 0 fully saturated rings. The van der Waals surface area contributed by atoms with Crippen LogP contribution in [0.4, 0.5) is 0 Å². The summed E-state index contributed by atoms with van der Waals surface area (Å²) < 4.78 is 2.56. The lowest BCUT2D eigenvalue weighted by atomic mass is 10.1. The minimum atomic E-state index is 0.274. The largest absolute Gasteiger partial charge is 0.272 e. The van der Waals surface area contributed by atoms with Gasteiger partial charge in [-0.3, -0.25) is 4.68 Å². The normalized spacial score (nSPS) is 11.3. The van der Waals surface area contributed by atoms with Gasteiger partial charge in [-0.25, -0.2) is 9.97 Å². The van der Waals surface area contributed by atoms with E-state index >= 15 is 0 Å². The highest BCUT2D eigenvalue weighted by Gasteiger charge is 2.17. The average molecular weight is 330 g/mol. The Bertz CT molecular complexity index is 592. The summed E-state index contributed by atoms with van der Waals surface area (Å²) in [7, 11) is 1.89. The Morgan fingerprint density at radius 3 is 2.50 bits per heavy atom. The van der Waals surface area contributed by atoms with Crippen molar-refractivity contribution in [1.29, 1.82) is 0 Å². The van der Waals surface area contributed by atoms with Crippen LogP contribution in [0, 0.1) is 6.92 Å². The van der Waals surface area contributed by atoms with E-state index in [1.807, 2.05) is 14.0 Å². The Labute approximate surface area is 120 Å². The molecule has 96 valence electrons. The number of halogens is 2. The molecule has 2 aromatic rings. The van der Waals surface area contributed by atoms with Gasteiger partial charge in [0.2, 0.25) is 0 Å². The Hall–Kier alpha value is -0.940. The van der Waals surface area contributed by atoms with E-state index in [1.54, 1.807) is 10.9 Å². The minimum absolute atomic E-state index is 0.274. The molecule has 0 saturated carbocycles. The Morgan fingerprint density at radius 1 is 1.33 bits per heavy atom. The van der Waals surface area contributed by atoms with E-state index in [0.717, 1.165) is 21.4 Å². The average Bonchev–Trinajstić information content (AvgIpc) is 2.63. The molecular formula is C12H14BrClN4. The predicted molar refractivity (Wildman–Crippen MR) is 75.8 cm³/mol. The van der Waals surface area contributed by atoms with Gasteiger partial charge in [-0.2, -0.15) is 5.10 Å². The highest BCUT2D eigenvalue weighted by Crippen LogP contribution is 2.31. The topological polar surface area (TPSA) is 43.6 Å². The van der Waals surface area contributed by atoms with Crippen molar-refractivity contribution >= 4 is 27.5 Å². The number of nitrogens with zero attached hydrogens (tertiary/aromatic N) is 4. The maximum Gasteiger partial charge on any atom is 0.164 e. The van der Waals surface area contributed by atoms with Crippen LogP contribution in [0.3, 0.4) is 0 Å². The van der Waals surface area contributed by atoms with Crippen molar-refractivity contribution < 1.29 is 0 Å². The summed E-state index contributed by atoms with van der Waals surface area (Å²) >= 11 is 9.58. The van der Waals surface area contributed by atoms with Crippen molar-refractivity contribution in [1.82, 2.24) is 19.7 Å². The van der Waals surface area contributed by atoms with Crippen LogP contribution >= 0.6 is 27.5 Å². The molecule has 0 aliphatic rings. The smallest absolute Gasteiger partial charge is 0.164 e. The molecule has 0 atom stereocenters. The first-order valence-electron chi connectivity index (χ1n) is 5.63. The maximum atomic E-state index is 6.15. The molecule has 0 bridgehead atoms. The third-order valence-corrected chi connectivity index (χ3v) is 4.14. The Balaban J connectivity index is 2.63. The fourth-order valence-electron chi connectivity index (χ4n) is 1.66. The molecule has 6 heteroatoms. The molecule has 2 rings (SSSR count). The molecule has 2 aromatic heterocycles. The monoisotopic (exact) mass is 328 g/mol. The van der Waals surface area contributed by atoms with Crippen molar-refractivity contribution in [3.8, 4) is 11.4 Å². The molecule has 0 unspecified atom stereocenters. The summed E-state index contributed by atoms with van der Waals surface area (Å²) in [6.07, 6.45) is 1.76. The van der Waals surface area contributed by atoms with Gasteiger partial charge in [0.05, 0.1) is 21.9 Å². The molecule has 0 N–H and O–H groups in total. The first kappa shape index (κ1) is 13.5. The molecule has 0 radical (unpaired) electrons. The molecule has 2 heterocycles. The summed E-state index contributed by atoms with van der Waals surface area (Å²) in [6, 6.07) is 0. The van der Waals surface area contributed by atoms with Crippen molar-refractivity contribution in [2.75, 3.05) is 0 Å². The number of hydrogen-bond donors (Lipinski definition) is 0. The summed E-state index contributed by atoms with van der Waals surface area (Å²) in [5.41, 5.74) is 2.84. The summed E-state index contributed by atoms with van der Waals surface area (Å²) in [4.78, 5) is 8.90. The van der Waals surface area contributed by atoms with E-state index in [-0.39, 0.29) is 5.92 Å². The van der Waals surface area contributed by atoms with E-state index < -0.39 is 0 Å².